The Morgan fingerprint density at radius 1 is 1.53 bits per heavy atom. The van der Waals surface area contributed by atoms with Gasteiger partial charge < -0.3 is 19.7 Å². The highest BCUT2D eigenvalue weighted by Gasteiger charge is 2.38. The molecule has 0 spiro atoms. The van der Waals surface area contributed by atoms with Gasteiger partial charge >= 0.3 is 11.9 Å². The average Bonchev–Trinajstić information content (AvgIpc) is 2.25. The van der Waals surface area contributed by atoms with Crippen molar-refractivity contribution in [3.8, 4) is 0 Å². The molecule has 0 aromatic heterocycles. The second kappa shape index (κ2) is 6.17. The average molecular weight is 244 g/mol. The maximum absolute atomic E-state index is 11.1. The predicted molar refractivity (Wildman–Crippen MR) is 58.7 cm³/mol. The second-order valence-corrected chi connectivity index (χ2v) is 3.50. The van der Waals surface area contributed by atoms with Gasteiger partial charge in [-0.2, -0.15) is 0 Å². The molecule has 0 fully saturated rings. The lowest BCUT2D eigenvalue weighted by Gasteiger charge is -2.29. The summed E-state index contributed by atoms with van der Waals surface area (Å²) in [5, 5.41) is 19.1. The van der Waals surface area contributed by atoms with Crippen molar-refractivity contribution in [2.24, 2.45) is 0 Å². The maximum Gasteiger partial charge on any atom is 0.333 e. The molecule has 2 N–H and O–H groups in total. The van der Waals surface area contributed by atoms with Crippen molar-refractivity contribution in [3.63, 3.8) is 0 Å². The number of carbonyl (C=O) groups is 2. The van der Waals surface area contributed by atoms with Gasteiger partial charge in [0.2, 0.25) is 0 Å². The normalized spacial score (nSPS) is 15.3. The number of hydrogen-bond donors (Lipinski definition) is 2. The van der Waals surface area contributed by atoms with Gasteiger partial charge in [0.1, 0.15) is 6.10 Å². The molecule has 6 nitrogen and oxygen atoms in total. The third-order valence-corrected chi connectivity index (χ3v) is 1.86. The van der Waals surface area contributed by atoms with Crippen LogP contribution in [0.1, 0.15) is 13.8 Å². The molecule has 0 saturated carbocycles. The molecule has 0 heterocycles. The number of hydrogen-bond acceptors (Lipinski definition) is 6. The lowest BCUT2D eigenvalue weighted by atomic mass is 10.2. The van der Waals surface area contributed by atoms with Gasteiger partial charge in [0.25, 0.3) is 5.79 Å². The first-order chi connectivity index (χ1) is 7.73. The van der Waals surface area contributed by atoms with E-state index in [0.717, 1.165) is 6.08 Å². The Balaban J connectivity index is 4.62. The Morgan fingerprint density at radius 2 is 2.06 bits per heavy atom. The summed E-state index contributed by atoms with van der Waals surface area (Å²) in [7, 11) is 0. The van der Waals surface area contributed by atoms with E-state index in [1.165, 1.54) is 13.8 Å². The van der Waals surface area contributed by atoms with Gasteiger partial charge in [-0.05, 0) is 13.8 Å². The van der Waals surface area contributed by atoms with Gasteiger partial charge in [0, 0.05) is 11.6 Å². The van der Waals surface area contributed by atoms with E-state index in [1.54, 1.807) is 0 Å². The molecule has 0 radical (unpaired) electrons. The number of rotatable bonds is 6. The zero-order chi connectivity index (χ0) is 13.6. The number of esters is 2. The van der Waals surface area contributed by atoms with E-state index >= 15 is 0 Å². The molecular formula is C11H16O6. The zero-order valence-electron chi connectivity index (χ0n) is 9.80. The second-order valence-electron chi connectivity index (χ2n) is 3.50. The standard InChI is InChI=1S/C11H16O6/c1-5-9(13)17-11(15,8(4)12)6-16-10(14)7(2)3/h5,8,12,15H,1-2,6H2,3-4H3. The minimum Gasteiger partial charge on any atom is -0.455 e. The van der Waals surface area contributed by atoms with Gasteiger partial charge in [-0.1, -0.05) is 13.2 Å². The van der Waals surface area contributed by atoms with Crippen molar-refractivity contribution in [1.82, 2.24) is 0 Å². The molecule has 0 amide bonds. The first kappa shape index (κ1) is 15.3. The molecule has 0 saturated heterocycles. The molecule has 0 bridgehead atoms. The minimum absolute atomic E-state index is 0.119. The molecule has 0 aromatic rings. The topological polar surface area (TPSA) is 93.1 Å². The van der Waals surface area contributed by atoms with Crippen LogP contribution in [0.4, 0.5) is 0 Å². The first-order valence-corrected chi connectivity index (χ1v) is 4.81. The molecule has 0 aliphatic carbocycles. The summed E-state index contributed by atoms with van der Waals surface area (Å²) >= 11 is 0. The van der Waals surface area contributed by atoms with Crippen molar-refractivity contribution >= 4 is 11.9 Å². The van der Waals surface area contributed by atoms with E-state index in [9.17, 15) is 19.8 Å². The van der Waals surface area contributed by atoms with E-state index in [2.05, 4.69) is 22.6 Å². The van der Waals surface area contributed by atoms with Gasteiger partial charge in [-0.15, -0.1) is 0 Å². The molecule has 0 rings (SSSR count). The molecule has 0 aliphatic rings. The quantitative estimate of drug-likeness (QED) is 0.385. The summed E-state index contributed by atoms with van der Waals surface area (Å²) in [5.74, 6) is -4.02. The van der Waals surface area contributed by atoms with Crippen LogP contribution in [0, 0.1) is 0 Å². The molecule has 0 aromatic carbocycles. The summed E-state index contributed by atoms with van der Waals surface area (Å²) in [6, 6.07) is 0. The Bertz CT molecular complexity index is 333. The summed E-state index contributed by atoms with van der Waals surface area (Å²) in [5.41, 5.74) is 0.119. The fraction of sp³-hybridized carbons (Fsp3) is 0.455. The van der Waals surface area contributed by atoms with Crippen LogP contribution in [0.15, 0.2) is 24.8 Å². The summed E-state index contributed by atoms with van der Waals surface area (Å²) in [6.45, 7) is 8.38. The lowest BCUT2D eigenvalue weighted by molar-refractivity contribution is -0.257. The van der Waals surface area contributed by atoms with Crippen LogP contribution in [-0.4, -0.2) is 40.6 Å². The molecule has 96 valence electrons. The third kappa shape index (κ3) is 4.80. The van der Waals surface area contributed by atoms with Crippen molar-refractivity contribution in [3.05, 3.63) is 24.8 Å². The summed E-state index contributed by atoms with van der Waals surface area (Å²) < 4.78 is 9.14. The van der Waals surface area contributed by atoms with E-state index in [1.807, 2.05) is 0 Å². The SMILES string of the molecule is C=CC(=O)OC(O)(COC(=O)C(=C)C)C(C)O. The van der Waals surface area contributed by atoms with E-state index in [4.69, 9.17) is 0 Å². The Labute approximate surface area is 99.1 Å². The third-order valence-electron chi connectivity index (χ3n) is 1.86. The largest absolute Gasteiger partial charge is 0.455 e. The van der Waals surface area contributed by atoms with Crippen molar-refractivity contribution in [1.29, 1.82) is 0 Å². The lowest BCUT2D eigenvalue weighted by Crippen LogP contribution is -2.49. The van der Waals surface area contributed by atoms with Crippen LogP contribution >= 0.6 is 0 Å². The highest BCUT2D eigenvalue weighted by Crippen LogP contribution is 2.15. The first-order valence-electron chi connectivity index (χ1n) is 4.81. The van der Waals surface area contributed by atoms with E-state index < -0.39 is 30.4 Å². The van der Waals surface area contributed by atoms with E-state index in [0.29, 0.717) is 0 Å². The summed E-state index contributed by atoms with van der Waals surface area (Å²) in [4.78, 5) is 22.0. The Hall–Kier alpha value is -1.66. The zero-order valence-corrected chi connectivity index (χ0v) is 9.80. The highest BCUT2D eigenvalue weighted by atomic mass is 16.7. The van der Waals surface area contributed by atoms with Crippen LogP contribution in [0.5, 0.6) is 0 Å². The van der Waals surface area contributed by atoms with Crippen LogP contribution in [0.25, 0.3) is 0 Å². The van der Waals surface area contributed by atoms with Gasteiger partial charge in [0.05, 0.1) is 0 Å². The molecule has 6 heteroatoms. The Morgan fingerprint density at radius 3 is 2.41 bits per heavy atom. The molecule has 2 atom stereocenters. The number of carbonyl (C=O) groups excluding carboxylic acids is 2. The van der Waals surface area contributed by atoms with Crippen LogP contribution in [0.3, 0.4) is 0 Å². The smallest absolute Gasteiger partial charge is 0.333 e. The van der Waals surface area contributed by atoms with E-state index in [-0.39, 0.29) is 5.57 Å². The molecule has 0 aliphatic heterocycles. The van der Waals surface area contributed by atoms with Crippen molar-refractivity contribution in [2.75, 3.05) is 6.61 Å². The monoisotopic (exact) mass is 244 g/mol. The molecule has 17 heavy (non-hydrogen) atoms. The van der Waals surface area contributed by atoms with Crippen molar-refractivity contribution in [2.45, 2.75) is 25.7 Å². The fourth-order valence-electron chi connectivity index (χ4n) is 0.743. The Kier molecular flexibility index (Phi) is 5.57. The number of aliphatic hydroxyl groups excluding tert-OH is 1. The van der Waals surface area contributed by atoms with Crippen LogP contribution in [0.2, 0.25) is 0 Å². The summed E-state index contributed by atoms with van der Waals surface area (Å²) in [6.07, 6.45) is -0.627. The molecule has 2 unspecified atom stereocenters. The van der Waals surface area contributed by atoms with Gasteiger partial charge in [-0.25, -0.2) is 9.59 Å². The highest BCUT2D eigenvalue weighted by molar-refractivity contribution is 5.87. The minimum atomic E-state index is -2.31. The fourth-order valence-corrected chi connectivity index (χ4v) is 0.743. The van der Waals surface area contributed by atoms with Crippen LogP contribution in [-0.2, 0) is 19.1 Å². The molecular weight excluding hydrogens is 228 g/mol. The predicted octanol–water partition coefficient (Wildman–Crippen LogP) is -0.0957. The number of aliphatic hydroxyl groups is 2. The van der Waals surface area contributed by atoms with Crippen molar-refractivity contribution < 1.29 is 29.3 Å². The maximum atomic E-state index is 11.1. The number of ether oxygens (including phenoxy) is 2. The van der Waals surface area contributed by atoms with Gasteiger partial charge in [-0.3, -0.25) is 0 Å². The van der Waals surface area contributed by atoms with Gasteiger partial charge in [0.15, 0.2) is 6.61 Å². The van der Waals surface area contributed by atoms with Crippen LogP contribution < -0.4 is 0 Å².